The SMILES string of the molecule is C=CC(Cc1ccc2c(c1[N+](=O)[O-])OCO2)ON(C=O)c1csc(-c2ccncc2)n1. The molecule has 0 saturated carbocycles. The van der Waals surface area contributed by atoms with Gasteiger partial charge in [-0.2, -0.15) is 5.06 Å². The van der Waals surface area contributed by atoms with E-state index < -0.39 is 11.0 Å². The van der Waals surface area contributed by atoms with E-state index in [2.05, 4.69) is 16.5 Å². The zero-order valence-corrected chi connectivity index (χ0v) is 16.9. The number of hydrogen-bond donors (Lipinski definition) is 0. The van der Waals surface area contributed by atoms with Gasteiger partial charge in [-0.15, -0.1) is 17.9 Å². The molecule has 31 heavy (non-hydrogen) atoms. The first kappa shape index (κ1) is 20.4. The fraction of sp³-hybridized carbons (Fsp3) is 0.150. The van der Waals surface area contributed by atoms with Crippen LogP contribution in [0, 0.1) is 10.1 Å². The van der Waals surface area contributed by atoms with Gasteiger partial charge >= 0.3 is 5.69 Å². The smallest absolute Gasteiger partial charge is 0.318 e. The number of benzene rings is 1. The number of anilines is 1. The first-order valence-corrected chi connectivity index (χ1v) is 9.94. The highest BCUT2D eigenvalue weighted by atomic mass is 32.1. The number of pyridine rings is 1. The second-order valence-corrected chi connectivity index (χ2v) is 7.18. The van der Waals surface area contributed by atoms with E-state index in [0.717, 1.165) is 10.6 Å². The second-order valence-electron chi connectivity index (χ2n) is 6.33. The van der Waals surface area contributed by atoms with Crippen molar-refractivity contribution >= 4 is 29.3 Å². The quantitative estimate of drug-likeness (QED) is 0.215. The number of hydroxylamine groups is 1. The third-order valence-electron chi connectivity index (χ3n) is 4.45. The standard InChI is InChI=1S/C20H16N4O6S/c1-2-15(9-14-3-4-16-19(29-12-28-16)18(14)24(26)27)30-23(11-25)17-10-31-20(22-17)13-5-7-21-8-6-13/h2-8,10-11,15H,1,9,12H2. The average Bonchev–Trinajstić information content (AvgIpc) is 3.46. The lowest BCUT2D eigenvalue weighted by molar-refractivity contribution is -0.386. The molecule has 1 amide bonds. The van der Waals surface area contributed by atoms with Crippen molar-refractivity contribution in [1.82, 2.24) is 9.97 Å². The largest absolute Gasteiger partial charge is 0.453 e. The molecule has 11 heteroatoms. The molecule has 0 saturated heterocycles. The Hall–Kier alpha value is -3.83. The highest BCUT2D eigenvalue weighted by Crippen LogP contribution is 2.43. The van der Waals surface area contributed by atoms with Crippen LogP contribution in [-0.2, 0) is 16.1 Å². The Morgan fingerprint density at radius 3 is 2.84 bits per heavy atom. The molecular formula is C20H16N4O6S. The number of rotatable bonds is 9. The van der Waals surface area contributed by atoms with Crippen molar-refractivity contribution in [2.45, 2.75) is 12.5 Å². The minimum absolute atomic E-state index is 0.0798. The number of amides is 1. The molecule has 158 valence electrons. The monoisotopic (exact) mass is 440 g/mol. The van der Waals surface area contributed by atoms with Crippen molar-refractivity contribution < 1.29 is 24.0 Å². The van der Waals surface area contributed by atoms with Crippen molar-refractivity contribution in [2.24, 2.45) is 0 Å². The highest BCUT2D eigenvalue weighted by Gasteiger charge is 2.30. The van der Waals surface area contributed by atoms with Crippen molar-refractivity contribution in [3.05, 3.63) is 70.4 Å². The van der Waals surface area contributed by atoms with Gasteiger partial charge in [-0.1, -0.05) is 6.08 Å². The van der Waals surface area contributed by atoms with Crippen LogP contribution in [-0.4, -0.2) is 34.2 Å². The van der Waals surface area contributed by atoms with Gasteiger partial charge in [0.15, 0.2) is 11.6 Å². The summed E-state index contributed by atoms with van der Waals surface area (Å²) in [5.41, 5.74) is 1.02. The van der Waals surface area contributed by atoms with Crippen LogP contribution in [0.3, 0.4) is 0 Å². The van der Waals surface area contributed by atoms with Crippen LogP contribution >= 0.6 is 11.3 Å². The lowest BCUT2D eigenvalue weighted by atomic mass is 10.0. The molecule has 1 aromatic carbocycles. The van der Waals surface area contributed by atoms with Crippen molar-refractivity contribution in [1.29, 1.82) is 0 Å². The average molecular weight is 440 g/mol. The maximum absolute atomic E-state index is 11.7. The fourth-order valence-electron chi connectivity index (χ4n) is 3.02. The summed E-state index contributed by atoms with van der Waals surface area (Å²) in [6, 6.07) is 6.78. The third-order valence-corrected chi connectivity index (χ3v) is 5.33. The molecule has 3 heterocycles. The van der Waals surface area contributed by atoms with Crippen LogP contribution in [0.2, 0.25) is 0 Å². The summed E-state index contributed by atoms with van der Waals surface area (Å²) in [6.07, 6.45) is 4.58. The van der Waals surface area contributed by atoms with Crippen LogP contribution < -0.4 is 14.5 Å². The maximum Gasteiger partial charge on any atom is 0.318 e. The van der Waals surface area contributed by atoms with Crippen molar-refractivity contribution in [3.8, 4) is 22.1 Å². The number of carbonyl (C=O) groups excluding carboxylic acids is 1. The fourth-order valence-corrected chi connectivity index (χ4v) is 3.81. The van der Waals surface area contributed by atoms with Gasteiger partial charge < -0.3 is 9.47 Å². The van der Waals surface area contributed by atoms with Gasteiger partial charge in [0.05, 0.1) is 4.92 Å². The molecule has 1 aliphatic rings. The molecule has 1 unspecified atom stereocenters. The van der Waals surface area contributed by atoms with Crippen LogP contribution in [0.15, 0.2) is 54.7 Å². The summed E-state index contributed by atoms with van der Waals surface area (Å²) in [7, 11) is 0. The van der Waals surface area contributed by atoms with Gasteiger partial charge in [0.1, 0.15) is 11.1 Å². The normalized spacial score (nSPS) is 12.9. The Labute approximate surface area is 180 Å². The number of nitro benzene ring substituents is 1. The first-order chi connectivity index (χ1) is 15.1. The van der Waals surface area contributed by atoms with E-state index in [-0.39, 0.29) is 24.7 Å². The van der Waals surface area contributed by atoms with Crippen LogP contribution in [0.5, 0.6) is 11.5 Å². The predicted octanol–water partition coefficient (Wildman–Crippen LogP) is 3.53. The molecule has 0 spiro atoms. The topological polar surface area (TPSA) is 117 Å². The molecule has 0 radical (unpaired) electrons. The molecule has 4 rings (SSSR count). The zero-order chi connectivity index (χ0) is 21.8. The van der Waals surface area contributed by atoms with E-state index in [1.54, 1.807) is 42.0 Å². The van der Waals surface area contributed by atoms with Gasteiger partial charge in [0.25, 0.3) is 0 Å². The lowest BCUT2D eigenvalue weighted by Gasteiger charge is -2.20. The Bertz CT molecular complexity index is 1120. The predicted molar refractivity (Wildman–Crippen MR) is 112 cm³/mol. The van der Waals surface area contributed by atoms with Crippen molar-refractivity contribution in [3.63, 3.8) is 0 Å². The molecule has 0 bridgehead atoms. The Balaban J connectivity index is 1.54. The van der Waals surface area contributed by atoms with Gasteiger partial charge in [-0.3, -0.25) is 24.7 Å². The third kappa shape index (κ3) is 4.22. The first-order valence-electron chi connectivity index (χ1n) is 9.06. The van der Waals surface area contributed by atoms with E-state index >= 15 is 0 Å². The summed E-state index contributed by atoms with van der Waals surface area (Å²) >= 11 is 1.34. The summed E-state index contributed by atoms with van der Waals surface area (Å²) in [5.74, 6) is 0.685. The zero-order valence-electron chi connectivity index (χ0n) is 16.0. The number of hydrogen-bond acceptors (Lipinski definition) is 9. The number of nitrogens with zero attached hydrogens (tertiary/aromatic N) is 4. The van der Waals surface area contributed by atoms with Gasteiger partial charge in [0, 0.05) is 35.3 Å². The summed E-state index contributed by atoms with van der Waals surface area (Å²) in [5, 5.41) is 15.0. The Morgan fingerprint density at radius 2 is 2.13 bits per heavy atom. The molecule has 0 aliphatic carbocycles. The number of carbonyl (C=O) groups is 1. The second kappa shape index (κ2) is 8.90. The lowest BCUT2D eigenvalue weighted by Crippen LogP contribution is -2.29. The van der Waals surface area contributed by atoms with E-state index in [0.29, 0.717) is 28.5 Å². The number of thiazole rings is 1. The minimum atomic E-state index is -0.740. The van der Waals surface area contributed by atoms with E-state index in [1.807, 2.05) is 0 Å². The summed E-state index contributed by atoms with van der Waals surface area (Å²) < 4.78 is 10.5. The van der Waals surface area contributed by atoms with Gasteiger partial charge in [-0.05, 0) is 24.3 Å². The highest BCUT2D eigenvalue weighted by molar-refractivity contribution is 7.13. The molecular weight excluding hydrogens is 424 g/mol. The number of ether oxygens (including phenoxy) is 2. The Morgan fingerprint density at radius 1 is 1.32 bits per heavy atom. The van der Waals surface area contributed by atoms with Crippen molar-refractivity contribution in [2.75, 3.05) is 11.9 Å². The maximum atomic E-state index is 11.7. The van der Waals surface area contributed by atoms with Crippen LogP contribution in [0.25, 0.3) is 10.6 Å². The molecule has 0 N–H and O–H groups in total. The molecule has 0 fully saturated rings. The number of nitro groups is 1. The molecule has 10 nitrogen and oxygen atoms in total. The molecule has 1 aliphatic heterocycles. The van der Waals surface area contributed by atoms with Crippen LogP contribution in [0.1, 0.15) is 5.56 Å². The molecule has 3 aromatic rings. The van der Waals surface area contributed by atoms with Crippen LogP contribution in [0.4, 0.5) is 11.5 Å². The Kier molecular flexibility index (Phi) is 5.87. The van der Waals surface area contributed by atoms with E-state index in [9.17, 15) is 14.9 Å². The summed E-state index contributed by atoms with van der Waals surface area (Å²) in [6.45, 7) is 3.64. The van der Waals surface area contributed by atoms with Gasteiger partial charge in [-0.25, -0.2) is 4.98 Å². The number of aromatic nitrogens is 2. The van der Waals surface area contributed by atoms with E-state index in [1.165, 1.54) is 17.4 Å². The van der Waals surface area contributed by atoms with Gasteiger partial charge in [0.2, 0.25) is 19.0 Å². The molecule has 2 aromatic heterocycles. The number of fused-ring (bicyclic) bond motifs is 1. The van der Waals surface area contributed by atoms with E-state index in [4.69, 9.17) is 14.3 Å². The minimum Gasteiger partial charge on any atom is -0.453 e. The summed E-state index contributed by atoms with van der Waals surface area (Å²) in [4.78, 5) is 36.9. The molecule has 1 atom stereocenters.